The van der Waals surface area contributed by atoms with Crippen molar-refractivity contribution in [3.8, 4) is 11.3 Å². The van der Waals surface area contributed by atoms with Gasteiger partial charge in [-0.25, -0.2) is 4.79 Å². The van der Waals surface area contributed by atoms with Crippen LogP contribution in [0.2, 0.25) is 5.02 Å². The third kappa shape index (κ3) is 9.55. The minimum atomic E-state index is -4.61. The molecule has 5 saturated carbocycles. The monoisotopic (exact) mass is 933 g/mol. The van der Waals surface area contributed by atoms with Crippen molar-refractivity contribution in [2.75, 3.05) is 13.1 Å². The molecular formula is C55H71ClF3NO6. The summed E-state index contributed by atoms with van der Waals surface area (Å²) in [6.07, 6.45) is 6.42. The highest BCUT2D eigenvalue weighted by atomic mass is 35.5. The molecule has 0 spiro atoms. The van der Waals surface area contributed by atoms with Gasteiger partial charge in [0.1, 0.15) is 11.9 Å². The van der Waals surface area contributed by atoms with Crippen molar-refractivity contribution < 1.29 is 42.1 Å². The molecule has 0 unspecified atom stereocenters. The lowest BCUT2D eigenvalue weighted by atomic mass is 9.45. The molecule has 7 aliphatic rings. The van der Waals surface area contributed by atoms with Crippen molar-refractivity contribution in [3.05, 3.63) is 93.2 Å². The van der Waals surface area contributed by atoms with E-state index in [1.54, 1.807) is 0 Å². The maximum absolute atomic E-state index is 14.9. The van der Waals surface area contributed by atoms with Gasteiger partial charge in [-0.1, -0.05) is 83.3 Å². The van der Waals surface area contributed by atoms with E-state index in [4.69, 9.17) is 20.8 Å². The Balaban J connectivity index is 1.17. The number of rotatable bonds is 9. The van der Waals surface area contributed by atoms with E-state index in [0.29, 0.717) is 86.6 Å². The molecule has 3 aromatic rings. The van der Waals surface area contributed by atoms with Crippen LogP contribution in [0, 0.1) is 46.3 Å². The van der Waals surface area contributed by atoms with Gasteiger partial charge in [-0.3, -0.25) is 4.79 Å². The van der Waals surface area contributed by atoms with Gasteiger partial charge in [-0.05, 0) is 178 Å². The number of carbonyl (C=O) groups is 2. The fraction of sp³-hybridized carbons (Fsp3) is 0.636. The number of aliphatic hydroxyl groups is 2. The number of hydrogen-bond donors (Lipinski definition) is 2. The SMILES string of the molecule is CC1=CCC[C@@]2(C)[C@@H](CC[C@@]2(O)CN(C[C@@H]2CC[C@H]3C[C@@H]2C3(C)C)C(=O)O[C@H]2C[C@@H](C)CC[C@@H]2C(C)C)c2ccc(cc2C(=O)c2ccc(-c3cc(C(F)(F)F)ccc3Cl)o2)C[C@@H](O)CC1. The molecule has 11 heteroatoms. The van der Waals surface area contributed by atoms with E-state index in [9.17, 15) is 33.0 Å². The molecule has 4 bridgehead atoms. The standard InChI is InChI=1S/C55H71ClF3NO6/c1-32(2)40-17-11-34(4)25-49(40)66-51(63)60(30-36-13-14-37-29-45(36)52(37,5)6)31-54(64)24-22-44-41-18-12-35(26-39(61)16-10-33(3)9-8-23-53(44,54)7)27-42(41)50(62)48-21-20-47(65-48)43-28-38(55(57,58)59)15-19-46(43)56/h9,12,15,18-21,27-28,32,34,36-37,39-40,44-45,49,61,64H,8,10-11,13-14,16-17,22-26,29-31H2,1-7H3/t34-,36-,37-,39-,40+,44-,45-,49-,53-,54+/m0/s1. The summed E-state index contributed by atoms with van der Waals surface area (Å²) >= 11 is 6.40. The number of nitrogens with zero attached hydrogens (tertiary/aromatic N) is 1. The van der Waals surface area contributed by atoms with Gasteiger partial charge in [0.05, 0.1) is 28.8 Å². The van der Waals surface area contributed by atoms with Crippen molar-refractivity contribution in [1.29, 1.82) is 0 Å². The van der Waals surface area contributed by atoms with E-state index in [0.717, 1.165) is 60.9 Å². The predicted molar refractivity (Wildman–Crippen MR) is 252 cm³/mol. The Morgan fingerprint density at radius 3 is 2.45 bits per heavy atom. The fourth-order valence-corrected chi connectivity index (χ4v) is 13.5. The third-order valence-corrected chi connectivity index (χ3v) is 18.0. The lowest BCUT2D eigenvalue weighted by Gasteiger charge is -2.60. The van der Waals surface area contributed by atoms with Gasteiger partial charge in [0, 0.05) is 23.1 Å². The number of ketones is 1. The Hall–Kier alpha value is -3.60. The quantitative estimate of drug-likeness (QED) is 0.164. The average molecular weight is 935 g/mol. The lowest BCUT2D eigenvalue weighted by molar-refractivity contribution is -0.137. The van der Waals surface area contributed by atoms with E-state index in [1.165, 1.54) is 24.6 Å². The molecule has 0 saturated heterocycles. The summed E-state index contributed by atoms with van der Waals surface area (Å²) < 4.78 is 54.0. The number of halogens is 4. The van der Waals surface area contributed by atoms with E-state index < -0.39 is 34.6 Å². The first-order valence-corrected chi connectivity index (χ1v) is 25.1. The molecule has 0 radical (unpaired) electrons. The number of amides is 1. The van der Waals surface area contributed by atoms with Crippen molar-refractivity contribution in [1.82, 2.24) is 4.90 Å². The van der Waals surface area contributed by atoms with Crippen LogP contribution in [0.15, 0.2) is 64.6 Å². The molecule has 1 amide bonds. The number of ether oxygens (including phenoxy) is 1. The number of benzene rings is 2. The summed E-state index contributed by atoms with van der Waals surface area (Å²) in [5.74, 6) is 1.76. The number of furan rings is 1. The second-order valence-electron chi connectivity index (χ2n) is 22.5. The zero-order valence-corrected chi connectivity index (χ0v) is 40.7. The Labute approximate surface area is 394 Å². The average Bonchev–Trinajstić information content (AvgIpc) is 3.84. The molecule has 5 fully saturated rings. The van der Waals surface area contributed by atoms with E-state index >= 15 is 0 Å². The maximum Gasteiger partial charge on any atom is 0.416 e. The van der Waals surface area contributed by atoms with Crippen LogP contribution < -0.4 is 0 Å². The Bertz CT molecular complexity index is 2300. The molecule has 66 heavy (non-hydrogen) atoms. The van der Waals surface area contributed by atoms with E-state index in [1.807, 2.05) is 23.1 Å². The Morgan fingerprint density at radius 1 is 0.970 bits per heavy atom. The number of carbonyl (C=O) groups excluding carboxylic acids is 2. The van der Waals surface area contributed by atoms with Gasteiger partial charge < -0.3 is 24.3 Å². The summed E-state index contributed by atoms with van der Waals surface area (Å²) in [5.41, 5.74) is 0.157. The minimum Gasteiger partial charge on any atom is -0.453 e. The smallest absolute Gasteiger partial charge is 0.416 e. The summed E-state index contributed by atoms with van der Waals surface area (Å²) in [6.45, 7) is 16.2. The third-order valence-electron chi connectivity index (χ3n) is 17.7. The number of alkyl halides is 3. The number of aliphatic hydroxyl groups excluding tert-OH is 1. The molecule has 1 heterocycles. The highest BCUT2D eigenvalue weighted by Gasteiger charge is 2.59. The second kappa shape index (κ2) is 18.7. The first-order valence-electron chi connectivity index (χ1n) is 24.7. The molecule has 10 atom stereocenters. The maximum atomic E-state index is 14.9. The van der Waals surface area contributed by atoms with Crippen LogP contribution in [0.1, 0.15) is 164 Å². The number of fused-ring (bicyclic) bond motifs is 10. The van der Waals surface area contributed by atoms with Gasteiger partial charge in [-0.2, -0.15) is 13.2 Å². The van der Waals surface area contributed by atoms with Crippen molar-refractivity contribution in [2.24, 2.45) is 46.3 Å². The fourth-order valence-electron chi connectivity index (χ4n) is 13.3. The summed E-state index contributed by atoms with van der Waals surface area (Å²) in [6, 6.07) is 11.6. The molecule has 360 valence electrons. The molecule has 1 aromatic heterocycles. The highest BCUT2D eigenvalue weighted by molar-refractivity contribution is 6.33. The van der Waals surface area contributed by atoms with Gasteiger partial charge in [-0.15, -0.1) is 0 Å². The van der Waals surface area contributed by atoms with Gasteiger partial charge in [0.2, 0.25) is 5.78 Å². The zero-order chi connectivity index (χ0) is 47.5. The van der Waals surface area contributed by atoms with Crippen LogP contribution >= 0.6 is 11.6 Å². The summed E-state index contributed by atoms with van der Waals surface area (Å²) in [5, 5.41) is 24.7. The molecule has 7 nitrogen and oxygen atoms in total. The number of hydrogen-bond acceptors (Lipinski definition) is 6. The van der Waals surface area contributed by atoms with Crippen LogP contribution in [0.4, 0.5) is 18.0 Å². The lowest BCUT2D eigenvalue weighted by Crippen LogP contribution is -2.58. The van der Waals surface area contributed by atoms with Crippen molar-refractivity contribution in [2.45, 2.75) is 162 Å². The minimum absolute atomic E-state index is 0.0172. The van der Waals surface area contributed by atoms with Gasteiger partial charge in [0.25, 0.3) is 0 Å². The Kier molecular flexibility index (Phi) is 13.9. The second-order valence-corrected chi connectivity index (χ2v) is 22.9. The van der Waals surface area contributed by atoms with Crippen molar-refractivity contribution >= 4 is 23.5 Å². The topological polar surface area (TPSA) is 100 Å². The van der Waals surface area contributed by atoms with Crippen LogP contribution in [0.3, 0.4) is 0 Å². The number of allylic oxidation sites excluding steroid dienone is 2. The summed E-state index contributed by atoms with van der Waals surface area (Å²) in [7, 11) is 0. The molecule has 7 aliphatic carbocycles. The summed E-state index contributed by atoms with van der Waals surface area (Å²) in [4.78, 5) is 31.7. The highest BCUT2D eigenvalue weighted by Crippen LogP contribution is 2.62. The van der Waals surface area contributed by atoms with Gasteiger partial charge >= 0.3 is 12.3 Å². The molecule has 10 rings (SSSR count). The van der Waals surface area contributed by atoms with E-state index in [2.05, 4.69) is 54.5 Å². The van der Waals surface area contributed by atoms with E-state index in [-0.39, 0.29) is 58.1 Å². The normalized spacial score (nSPS) is 32.2. The van der Waals surface area contributed by atoms with Gasteiger partial charge in [0.15, 0.2) is 5.76 Å². The zero-order valence-electron chi connectivity index (χ0n) is 40.0. The molecule has 2 aromatic carbocycles. The van der Waals surface area contributed by atoms with Crippen LogP contribution in [0.25, 0.3) is 11.3 Å². The largest absolute Gasteiger partial charge is 0.453 e. The van der Waals surface area contributed by atoms with Crippen LogP contribution in [-0.4, -0.2) is 57.9 Å². The predicted octanol–water partition coefficient (Wildman–Crippen LogP) is 13.9. The van der Waals surface area contributed by atoms with Crippen LogP contribution in [-0.2, 0) is 17.3 Å². The van der Waals surface area contributed by atoms with Crippen LogP contribution in [0.5, 0.6) is 0 Å². The van der Waals surface area contributed by atoms with Crippen molar-refractivity contribution in [3.63, 3.8) is 0 Å². The molecule has 0 aliphatic heterocycles. The Morgan fingerprint density at radius 2 is 1.74 bits per heavy atom. The molecular weight excluding hydrogens is 863 g/mol. The molecule has 2 N–H and O–H groups in total. The first-order chi connectivity index (χ1) is 31.1. The first kappa shape index (κ1) is 48.8.